The van der Waals surface area contributed by atoms with Crippen LogP contribution in [0, 0.1) is 0 Å². The van der Waals surface area contributed by atoms with E-state index in [1.54, 1.807) is 13.1 Å². The number of anilines is 1. The molecule has 0 amide bonds. The highest BCUT2D eigenvalue weighted by atomic mass is 35.5. The van der Waals surface area contributed by atoms with E-state index in [-0.39, 0.29) is 0 Å². The van der Waals surface area contributed by atoms with Gasteiger partial charge in [-0.25, -0.2) is 4.98 Å². The summed E-state index contributed by atoms with van der Waals surface area (Å²) in [6.07, 6.45) is 0. The maximum atomic E-state index is 6.19. The predicted molar refractivity (Wildman–Crippen MR) is 80.4 cm³/mol. The van der Waals surface area contributed by atoms with Gasteiger partial charge in [-0.15, -0.1) is 0 Å². The van der Waals surface area contributed by atoms with E-state index < -0.39 is 0 Å². The Labute approximate surface area is 122 Å². The van der Waals surface area contributed by atoms with Gasteiger partial charge in [-0.3, -0.25) is 0 Å². The number of hydrogen-bond acceptors (Lipinski definition) is 3. The summed E-state index contributed by atoms with van der Waals surface area (Å²) in [6, 6.07) is 9.32. The molecule has 0 spiro atoms. The van der Waals surface area contributed by atoms with Crippen molar-refractivity contribution in [2.75, 3.05) is 19.0 Å². The first-order valence-electron chi connectivity index (χ1n) is 5.92. The molecule has 1 N–H and O–H groups in total. The zero-order valence-corrected chi connectivity index (χ0v) is 12.2. The molecule has 1 aromatic carbocycles. The molecule has 0 aliphatic carbocycles. The second-order valence-electron chi connectivity index (χ2n) is 3.86. The fourth-order valence-corrected chi connectivity index (χ4v) is 2.28. The topological polar surface area (TPSA) is 34.1 Å². The molecule has 3 nitrogen and oxygen atoms in total. The predicted octanol–water partition coefficient (Wildman–Crippen LogP) is 4.50. The average Bonchev–Trinajstić information content (AvgIpc) is 2.41. The van der Waals surface area contributed by atoms with Gasteiger partial charge in [0, 0.05) is 12.6 Å². The molecule has 2 rings (SSSR count). The minimum atomic E-state index is 0.502. The van der Waals surface area contributed by atoms with Crippen molar-refractivity contribution < 1.29 is 4.74 Å². The van der Waals surface area contributed by atoms with Gasteiger partial charge in [0.15, 0.2) is 0 Å². The van der Waals surface area contributed by atoms with Crippen LogP contribution in [-0.4, -0.2) is 18.6 Å². The summed E-state index contributed by atoms with van der Waals surface area (Å²) in [5, 5.41) is 3.96. The number of halogens is 2. The van der Waals surface area contributed by atoms with Crippen molar-refractivity contribution in [1.29, 1.82) is 0 Å². The maximum Gasteiger partial charge on any atom is 0.145 e. The van der Waals surface area contributed by atoms with E-state index in [0.29, 0.717) is 28.2 Å². The minimum absolute atomic E-state index is 0.502. The lowest BCUT2D eigenvalue weighted by atomic mass is 10.1. The number of nitrogens with zero attached hydrogens (tertiary/aromatic N) is 1. The van der Waals surface area contributed by atoms with E-state index in [1.807, 2.05) is 31.2 Å². The first kappa shape index (κ1) is 14.0. The summed E-state index contributed by atoms with van der Waals surface area (Å²) >= 11 is 12.2. The normalized spacial score (nSPS) is 10.3. The van der Waals surface area contributed by atoms with Gasteiger partial charge in [0.25, 0.3) is 0 Å². The molecule has 2 aromatic rings. The first-order valence-corrected chi connectivity index (χ1v) is 6.68. The van der Waals surface area contributed by atoms with Gasteiger partial charge in [-0.05, 0) is 37.3 Å². The van der Waals surface area contributed by atoms with Gasteiger partial charge in [-0.2, -0.15) is 0 Å². The molecule has 5 heteroatoms. The third kappa shape index (κ3) is 3.11. The van der Waals surface area contributed by atoms with Crippen molar-refractivity contribution in [3.63, 3.8) is 0 Å². The Morgan fingerprint density at radius 2 is 1.84 bits per heavy atom. The molecule has 100 valence electrons. The Kier molecular flexibility index (Phi) is 4.51. The van der Waals surface area contributed by atoms with Gasteiger partial charge >= 0.3 is 0 Å². The van der Waals surface area contributed by atoms with Gasteiger partial charge in [0.1, 0.15) is 11.6 Å². The number of hydrogen-bond donors (Lipinski definition) is 1. The highest BCUT2D eigenvalue weighted by Crippen LogP contribution is 2.32. The molecular weight excluding hydrogens is 283 g/mol. The SMILES string of the molecule is CCOc1ccc(-c2nc(NC)c(Cl)cc2Cl)cc1. The second-order valence-corrected chi connectivity index (χ2v) is 4.67. The Bertz CT molecular complexity index is 570. The van der Waals surface area contributed by atoms with E-state index in [2.05, 4.69) is 10.3 Å². The van der Waals surface area contributed by atoms with Crippen molar-refractivity contribution in [1.82, 2.24) is 4.98 Å². The van der Waals surface area contributed by atoms with Crippen LogP contribution in [0.25, 0.3) is 11.3 Å². The van der Waals surface area contributed by atoms with E-state index in [4.69, 9.17) is 27.9 Å². The molecule has 0 radical (unpaired) electrons. The van der Waals surface area contributed by atoms with Crippen molar-refractivity contribution in [2.24, 2.45) is 0 Å². The van der Waals surface area contributed by atoms with Crippen LogP contribution >= 0.6 is 23.2 Å². The lowest BCUT2D eigenvalue weighted by Gasteiger charge is -2.09. The van der Waals surface area contributed by atoms with Gasteiger partial charge in [-0.1, -0.05) is 23.2 Å². The van der Waals surface area contributed by atoms with Crippen LogP contribution in [0.3, 0.4) is 0 Å². The summed E-state index contributed by atoms with van der Waals surface area (Å²) in [5.74, 6) is 1.43. The summed E-state index contributed by atoms with van der Waals surface area (Å²) < 4.78 is 5.40. The summed E-state index contributed by atoms with van der Waals surface area (Å²) in [4.78, 5) is 4.42. The molecule has 1 heterocycles. The molecule has 0 aliphatic heterocycles. The number of benzene rings is 1. The molecule has 19 heavy (non-hydrogen) atoms. The van der Waals surface area contributed by atoms with Crippen LogP contribution in [0.2, 0.25) is 10.0 Å². The lowest BCUT2D eigenvalue weighted by molar-refractivity contribution is 0.340. The average molecular weight is 297 g/mol. The molecule has 0 bridgehead atoms. The number of ether oxygens (including phenoxy) is 1. The number of nitrogens with one attached hydrogen (secondary N) is 1. The fraction of sp³-hybridized carbons (Fsp3) is 0.214. The third-order valence-electron chi connectivity index (χ3n) is 2.61. The summed E-state index contributed by atoms with van der Waals surface area (Å²) in [6.45, 7) is 2.59. The number of rotatable bonds is 4. The quantitative estimate of drug-likeness (QED) is 0.902. The molecule has 0 aliphatic rings. The molecule has 0 atom stereocenters. The van der Waals surface area contributed by atoms with Crippen molar-refractivity contribution in [2.45, 2.75) is 6.92 Å². The van der Waals surface area contributed by atoms with E-state index in [9.17, 15) is 0 Å². The highest BCUT2D eigenvalue weighted by molar-refractivity contribution is 6.37. The number of aromatic nitrogens is 1. The Morgan fingerprint density at radius 3 is 2.42 bits per heavy atom. The zero-order valence-electron chi connectivity index (χ0n) is 10.7. The molecule has 1 aromatic heterocycles. The van der Waals surface area contributed by atoms with E-state index >= 15 is 0 Å². The van der Waals surface area contributed by atoms with Crippen molar-refractivity contribution >= 4 is 29.0 Å². The van der Waals surface area contributed by atoms with Crippen molar-refractivity contribution in [3.05, 3.63) is 40.4 Å². The number of pyridine rings is 1. The maximum absolute atomic E-state index is 6.19. The molecule has 0 fully saturated rings. The largest absolute Gasteiger partial charge is 0.494 e. The molecule has 0 saturated heterocycles. The summed E-state index contributed by atoms with van der Waals surface area (Å²) in [7, 11) is 1.77. The van der Waals surface area contributed by atoms with E-state index in [1.165, 1.54) is 0 Å². The molecule has 0 saturated carbocycles. The zero-order chi connectivity index (χ0) is 13.8. The standard InChI is InChI=1S/C14H14Cl2N2O/c1-3-19-10-6-4-9(5-7-10)13-11(15)8-12(16)14(17-2)18-13/h4-8H,3H2,1-2H3,(H,17,18). The first-order chi connectivity index (χ1) is 9.15. The van der Waals surface area contributed by atoms with Crippen LogP contribution in [0.4, 0.5) is 5.82 Å². The highest BCUT2D eigenvalue weighted by Gasteiger charge is 2.10. The van der Waals surface area contributed by atoms with Crippen LogP contribution in [0.15, 0.2) is 30.3 Å². The van der Waals surface area contributed by atoms with Crippen LogP contribution < -0.4 is 10.1 Å². The van der Waals surface area contributed by atoms with Crippen molar-refractivity contribution in [3.8, 4) is 17.0 Å². The second kappa shape index (κ2) is 6.13. The fourth-order valence-electron chi connectivity index (χ4n) is 1.72. The van der Waals surface area contributed by atoms with Gasteiger partial charge < -0.3 is 10.1 Å². The van der Waals surface area contributed by atoms with Crippen LogP contribution in [-0.2, 0) is 0 Å². The smallest absolute Gasteiger partial charge is 0.145 e. The lowest BCUT2D eigenvalue weighted by Crippen LogP contribution is -1.96. The minimum Gasteiger partial charge on any atom is -0.494 e. The van der Waals surface area contributed by atoms with Gasteiger partial charge in [0.2, 0.25) is 0 Å². The summed E-state index contributed by atoms with van der Waals surface area (Å²) in [5.41, 5.74) is 1.61. The Balaban J connectivity index is 2.40. The third-order valence-corrected chi connectivity index (χ3v) is 3.18. The molecular formula is C14H14Cl2N2O. The monoisotopic (exact) mass is 296 g/mol. The Morgan fingerprint density at radius 1 is 1.16 bits per heavy atom. The van der Waals surface area contributed by atoms with Crippen LogP contribution in [0.1, 0.15) is 6.92 Å². The Hall–Kier alpha value is -1.45. The van der Waals surface area contributed by atoms with Gasteiger partial charge in [0.05, 0.1) is 22.3 Å². The van der Waals surface area contributed by atoms with Crippen LogP contribution in [0.5, 0.6) is 5.75 Å². The van der Waals surface area contributed by atoms with E-state index in [0.717, 1.165) is 11.3 Å². The molecule has 0 unspecified atom stereocenters.